The molecule has 0 bridgehead atoms. The highest BCUT2D eigenvalue weighted by Crippen LogP contribution is 2.27. The Morgan fingerprint density at radius 3 is 2.32 bits per heavy atom. The molecular weight excluding hydrogens is 400 g/mol. The van der Waals surface area contributed by atoms with Gasteiger partial charge in [0.25, 0.3) is 0 Å². The van der Waals surface area contributed by atoms with E-state index in [1.54, 1.807) is 0 Å². The molecule has 3 aromatic rings. The van der Waals surface area contributed by atoms with E-state index in [9.17, 15) is 0 Å². The zero-order valence-electron chi connectivity index (χ0n) is 18.2. The van der Waals surface area contributed by atoms with E-state index < -0.39 is 0 Å². The molecule has 1 saturated carbocycles. The minimum absolute atomic E-state index is 0.0215. The van der Waals surface area contributed by atoms with Crippen molar-refractivity contribution in [1.82, 2.24) is 5.32 Å². The second kappa shape index (κ2) is 9.97. The van der Waals surface area contributed by atoms with E-state index in [1.165, 1.54) is 35.1 Å². The van der Waals surface area contributed by atoms with Crippen LogP contribution in [0.25, 0.3) is 0 Å². The standard InChI is InChI=1S/C27H30N2OS/c1-19-12-17-25(20(2)18-19)26(21-8-4-3-5-9-21)29-27(31)28-22-13-15-24(16-14-22)30-23-10-6-7-11-23/h3-5,8-9,12-18,23,26H,6-7,10-11H2,1-2H3,(H2,28,29,31). The number of aryl methyl sites for hydroxylation is 2. The van der Waals surface area contributed by atoms with Crippen LogP contribution >= 0.6 is 12.2 Å². The van der Waals surface area contributed by atoms with Gasteiger partial charge < -0.3 is 15.4 Å². The first-order valence-corrected chi connectivity index (χ1v) is 11.5. The Morgan fingerprint density at radius 1 is 0.935 bits per heavy atom. The first-order valence-electron chi connectivity index (χ1n) is 11.0. The third-order valence-electron chi connectivity index (χ3n) is 5.86. The quantitative estimate of drug-likeness (QED) is 0.426. The third-order valence-corrected chi connectivity index (χ3v) is 6.08. The predicted molar refractivity (Wildman–Crippen MR) is 133 cm³/mol. The van der Waals surface area contributed by atoms with Crippen LogP contribution in [-0.2, 0) is 0 Å². The summed E-state index contributed by atoms with van der Waals surface area (Å²) in [6, 6.07) is 25.0. The van der Waals surface area contributed by atoms with Gasteiger partial charge in [-0.25, -0.2) is 0 Å². The molecule has 1 fully saturated rings. The van der Waals surface area contributed by atoms with Crippen molar-refractivity contribution >= 4 is 23.0 Å². The summed E-state index contributed by atoms with van der Waals surface area (Å²) in [6.45, 7) is 4.27. The van der Waals surface area contributed by atoms with Crippen molar-refractivity contribution in [2.45, 2.75) is 51.7 Å². The largest absolute Gasteiger partial charge is 0.490 e. The average molecular weight is 431 g/mol. The van der Waals surface area contributed by atoms with Gasteiger partial charge in [0.1, 0.15) is 5.75 Å². The Hall–Kier alpha value is -2.85. The molecule has 3 aromatic carbocycles. The normalized spacial score (nSPS) is 14.8. The second-order valence-electron chi connectivity index (χ2n) is 8.35. The van der Waals surface area contributed by atoms with Crippen LogP contribution in [0.4, 0.5) is 5.69 Å². The van der Waals surface area contributed by atoms with Gasteiger partial charge in [0.05, 0.1) is 12.1 Å². The lowest BCUT2D eigenvalue weighted by Crippen LogP contribution is -2.33. The molecule has 4 heteroatoms. The van der Waals surface area contributed by atoms with Crippen molar-refractivity contribution < 1.29 is 4.74 Å². The number of benzene rings is 3. The van der Waals surface area contributed by atoms with E-state index in [1.807, 2.05) is 30.3 Å². The predicted octanol–water partition coefficient (Wildman–Crippen LogP) is 6.70. The molecule has 0 spiro atoms. The fourth-order valence-electron chi connectivity index (χ4n) is 4.25. The van der Waals surface area contributed by atoms with Crippen LogP contribution in [0.3, 0.4) is 0 Å². The molecule has 1 aliphatic carbocycles. The van der Waals surface area contributed by atoms with Gasteiger partial charge in [-0.3, -0.25) is 0 Å². The smallest absolute Gasteiger partial charge is 0.171 e. The van der Waals surface area contributed by atoms with Crippen molar-refractivity contribution in [1.29, 1.82) is 0 Å². The highest BCUT2D eigenvalue weighted by Gasteiger charge is 2.18. The molecule has 0 heterocycles. The van der Waals surface area contributed by atoms with Crippen LogP contribution in [0.15, 0.2) is 72.8 Å². The maximum Gasteiger partial charge on any atom is 0.171 e. The van der Waals surface area contributed by atoms with Gasteiger partial charge in [-0.2, -0.15) is 0 Å². The molecule has 1 atom stereocenters. The molecule has 0 aliphatic heterocycles. The Kier molecular flexibility index (Phi) is 6.88. The number of hydrogen-bond acceptors (Lipinski definition) is 2. The number of thiocarbonyl (C=S) groups is 1. The van der Waals surface area contributed by atoms with Gasteiger partial charge in [-0.05, 0) is 92.7 Å². The molecule has 160 valence electrons. The maximum atomic E-state index is 6.06. The lowest BCUT2D eigenvalue weighted by molar-refractivity contribution is 0.210. The number of nitrogens with one attached hydrogen (secondary N) is 2. The van der Waals surface area contributed by atoms with Gasteiger partial charge in [0, 0.05) is 5.69 Å². The summed E-state index contributed by atoms with van der Waals surface area (Å²) < 4.78 is 6.06. The van der Waals surface area contributed by atoms with Crippen molar-refractivity contribution in [3.8, 4) is 5.75 Å². The third kappa shape index (κ3) is 5.65. The van der Waals surface area contributed by atoms with E-state index >= 15 is 0 Å². The SMILES string of the molecule is Cc1ccc(C(NC(=S)Nc2ccc(OC3CCCC3)cc2)c2ccccc2)c(C)c1. The van der Waals surface area contributed by atoms with Crippen molar-refractivity contribution in [2.75, 3.05) is 5.32 Å². The van der Waals surface area contributed by atoms with Gasteiger partial charge in [0.15, 0.2) is 5.11 Å². The fourth-order valence-corrected chi connectivity index (χ4v) is 4.49. The first-order chi connectivity index (χ1) is 15.1. The van der Waals surface area contributed by atoms with Crippen LogP contribution in [-0.4, -0.2) is 11.2 Å². The van der Waals surface area contributed by atoms with Gasteiger partial charge >= 0.3 is 0 Å². The Balaban J connectivity index is 1.46. The lowest BCUT2D eigenvalue weighted by Gasteiger charge is -2.24. The average Bonchev–Trinajstić information content (AvgIpc) is 3.28. The zero-order valence-corrected chi connectivity index (χ0v) is 19.0. The van der Waals surface area contributed by atoms with Crippen LogP contribution in [0.5, 0.6) is 5.75 Å². The summed E-state index contributed by atoms with van der Waals surface area (Å²) in [7, 11) is 0. The van der Waals surface area contributed by atoms with E-state index in [4.69, 9.17) is 17.0 Å². The molecule has 31 heavy (non-hydrogen) atoms. The van der Waals surface area contributed by atoms with E-state index in [-0.39, 0.29) is 6.04 Å². The van der Waals surface area contributed by atoms with Gasteiger partial charge in [0.2, 0.25) is 0 Å². The lowest BCUT2D eigenvalue weighted by atomic mass is 9.94. The Morgan fingerprint density at radius 2 is 1.65 bits per heavy atom. The molecule has 0 saturated heterocycles. The molecule has 0 aromatic heterocycles. The summed E-state index contributed by atoms with van der Waals surface area (Å²) >= 11 is 5.68. The van der Waals surface area contributed by atoms with E-state index in [2.05, 4.69) is 66.9 Å². The van der Waals surface area contributed by atoms with Crippen LogP contribution in [0.2, 0.25) is 0 Å². The minimum atomic E-state index is -0.0215. The first kappa shape index (κ1) is 21.4. The Labute approximate surface area is 190 Å². The highest BCUT2D eigenvalue weighted by atomic mass is 32.1. The molecule has 1 aliphatic rings. The maximum absolute atomic E-state index is 6.06. The summed E-state index contributed by atoms with van der Waals surface area (Å²) in [5.41, 5.74) is 5.86. The minimum Gasteiger partial charge on any atom is -0.490 e. The number of rotatable bonds is 6. The van der Waals surface area contributed by atoms with Crippen molar-refractivity contribution in [3.05, 3.63) is 95.1 Å². The monoisotopic (exact) mass is 430 g/mol. The summed E-state index contributed by atoms with van der Waals surface area (Å²) in [5, 5.41) is 7.44. The van der Waals surface area contributed by atoms with Crippen LogP contribution in [0, 0.1) is 13.8 Å². The second-order valence-corrected chi connectivity index (χ2v) is 8.76. The molecule has 0 radical (unpaired) electrons. The Bertz CT molecular complexity index is 1010. The van der Waals surface area contributed by atoms with Crippen molar-refractivity contribution in [3.63, 3.8) is 0 Å². The van der Waals surface area contributed by atoms with Gasteiger partial charge in [-0.15, -0.1) is 0 Å². The molecule has 1 unspecified atom stereocenters. The highest BCUT2D eigenvalue weighted by molar-refractivity contribution is 7.80. The van der Waals surface area contributed by atoms with Crippen LogP contribution in [0.1, 0.15) is 54.0 Å². The van der Waals surface area contributed by atoms with Crippen LogP contribution < -0.4 is 15.4 Å². The molecule has 0 amide bonds. The van der Waals surface area contributed by atoms with E-state index in [0.29, 0.717) is 11.2 Å². The van der Waals surface area contributed by atoms with E-state index in [0.717, 1.165) is 24.3 Å². The molecule has 3 nitrogen and oxygen atoms in total. The van der Waals surface area contributed by atoms with Crippen molar-refractivity contribution in [2.24, 2.45) is 0 Å². The number of hydrogen-bond donors (Lipinski definition) is 2. The fraction of sp³-hybridized carbons (Fsp3) is 0.296. The summed E-state index contributed by atoms with van der Waals surface area (Å²) in [4.78, 5) is 0. The zero-order chi connectivity index (χ0) is 21.6. The number of ether oxygens (including phenoxy) is 1. The molecular formula is C27H30N2OS. The number of anilines is 1. The summed E-state index contributed by atoms with van der Waals surface area (Å²) in [5.74, 6) is 0.925. The topological polar surface area (TPSA) is 33.3 Å². The molecule has 2 N–H and O–H groups in total. The molecule has 4 rings (SSSR count). The van der Waals surface area contributed by atoms with Gasteiger partial charge in [-0.1, -0.05) is 54.1 Å². The summed E-state index contributed by atoms with van der Waals surface area (Å²) in [6.07, 6.45) is 5.23.